The summed E-state index contributed by atoms with van der Waals surface area (Å²) >= 11 is 3.70. The van der Waals surface area contributed by atoms with Crippen LogP contribution in [0.1, 0.15) is 0 Å². The molecule has 0 unspecified atom stereocenters. The third-order valence-corrected chi connectivity index (χ3v) is 0. The fourth-order valence-electron chi connectivity index (χ4n) is 0. The van der Waals surface area contributed by atoms with Gasteiger partial charge < -0.3 is 46.4 Å². The number of rotatable bonds is 0. The summed E-state index contributed by atoms with van der Waals surface area (Å²) in [5.41, 5.74) is 0. The van der Waals surface area contributed by atoms with Gasteiger partial charge in [-0.15, -0.1) is 0 Å². The van der Waals surface area contributed by atoms with Gasteiger partial charge in [-0.05, 0) is 0 Å². The van der Waals surface area contributed by atoms with Gasteiger partial charge in [0.1, 0.15) is 0 Å². The van der Waals surface area contributed by atoms with Crippen LogP contribution in [0.3, 0.4) is 0 Å². The molecule has 0 aromatic heterocycles. The largest absolute Gasteiger partial charge is 1.00 e. The molecular weight excluding hydrogens is 366 g/mol. The van der Waals surface area contributed by atoms with Crippen molar-refractivity contribution in [3.05, 3.63) is 5.41 Å². The quantitative estimate of drug-likeness (QED) is 0.181. The summed E-state index contributed by atoms with van der Waals surface area (Å²) in [4.78, 5) is 0. The molecule has 0 rings (SSSR count). The minimum Gasteiger partial charge on any atom is -1.00 e. The van der Waals surface area contributed by atoms with E-state index in [1.54, 1.807) is 0 Å². The standard InChI is InChI=1S/CNS.BrH.HI.2K.Na/c2-1-3;;;;;/h;2*1H;;;/q-1;;;3*+1/p-2. The van der Waals surface area contributed by atoms with Crippen LogP contribution in [0.2, 0.25) is 0 Å². The Hall–Kier alpha value is 5.28. The van der Waals surface area contributed by atoms with Crippen molar-refractivity contribution in [1.82, 2.24) is 0 Å². The van der Waals surface area contributed by atoms with Crippen molar-refractivity contribution in [1.29, 1.82) is 0 Å². The molecular formula is CBrIK2NNaS. The molecule has 0 aromatic rings. The van der Waals surface area contributed by atoms with E-state index in [1.807, 2.05) is 0 Å². The smallest absolute Gasteiger partial charge is 1.00 e. The zero-order valence-electron chi connectivity index (χ0n) is 5.11. The first-order valence-electron chi connectivity index (χ1n) is 0.428. The molecule has 0 saturated carbocycles. The van der Waals surface area contributed by atoms with E-state index in [0.29, 0.717) is 0 Å². The van der Waals surface area contributed by atoms with Crippen LogP contribution < -0.4 is 173 Å². The maximum Gasteiger partial charge on any atom is 1.00 e. The Balaban J connectivity index is -0.00000000200. The Morgan fingerprint density at radius 2 is 1.25 bits per heavy atom. The first kappa shape index (κ1) is 37.8. The zero-order valence-corrected chi connectivity index (χ0v) is 17.9. The van der Waals surface area contributed by atoms with Gasteiger partial charge in [-0.3, -0.25) is 0 Å². The molecule has 0 aliphatic heterocycles. The van der Waals surface area contributed by atoms with E-state index >= 15 is 0 Å². The third-order valence-electron chi connectivity index (χ3n) is 0. The minimum absolute atomic E-state index is 0. The molecule has 0 atom stereocenters. The molecule has 32 valence electrons. The molecule has 0 bridgehead atoms. The average Bonchev–Trinajstić information content (AvgIpc) is 0.918. The second-order valence-corrected chi connectivity index (χ2v) is 0.274. The van der Waals surface area contributed by atoms with Crippen molar-refractivity contribution >= 4 is 17.4 Å². The number of halogens is 2. The van der Waals surface area contributed by atoms with Crippen LogP contribution in [-0.2, 0) is 0 Å². The predicted octanol–water partition coefficient (Wildman–Crippen LogP) is -14.3. The average molecular weight is 366 g/mol. The number of nitrogens with zero attached hydrogens (tertiary/aromatic N) is 1. The third kappa shape index (κ3) is 42.7. The van der Waals surface area contributed by atoms with E-state index in [1.165, 1.54) is 5.16 Å². The number of isothiocyanates is 1. The molecule has 0 radical (unpaired) electrons. The van der Waals surface area contributed by atoms with Crippen LogP contribution in [0.15, 0.2) is 0 Å². The molecule has 0 aliphatic carbocycles. The van der Waals surface area contributed by atoms with Crippen molar-refractivity contribution < 1.29 is 173 Å². The van der Waals surface area contributed by atoms with Crippen LogP contribution in [0.25, 0.3) is 5.41 Å². The van der Waals surface area contributed by atoms with Gasteiger partial charge in [0.2, 0.25) is 0 Å². The van der Waals surface area contributed by atoms with Gasteiger partial charge in [-0.25, -0.2) is 0 Å². The van der Waals surface area contributed by atoms with Gasteiger partial charge >= 0.3 is 132 Å². The van der Waals surface area contributed by atoms with E-state index in [2.05, 4.69) is 12.2 Å². The number of hydrogen-bond acceptors (Lipinski definition) is 1. The van der Waals surface area contributed by atoms with Crippen molar-refractivity contribution in [3.8, 4) is 0 Å². The molecule has 0 N–H and O–H groups in total. The molecule has 0 fully saturated rings. The Morgan fingerprint density at radius 3 is 1.25 bits per heavy atom. The van der Waals surface area contributed by atoms with E-state index in [9.17, 15) is 0 Å². The minimum atomic E-state index is 0. The van der Waals surface area contributed by atoms with Crippen LogP contribution >= 0.6 is 12.2 Å². The Bertz CT molecular complexity index is 43.0. The molecule has 7 heteroatoms. The maximum absolute atomic E-state index is 7.13. The van der Waals surface area contributed by atoms with Crippen LogP contribution in [-0.4, -0.2) is 5.16 Å². The molecule has 0 saturated heterocycles. The summed E-state index contributed by atoms with van der Waals surface area (Å²) in [7, 11) is 0. The van der Waals surface area contributed by atoms with Gasteiger partial charge in [0.15, 0.2) is 0 Å². The van der Waals surface area contributed by atoms with Gasteiger partial charge in [0.25, 0.3) is 0 Å². The molecule has 0 spiro atoms. The van der Waals surface area contributed by atoms with E-state index in [0.717, 1.165) is 0 Å². The summed E-state index contributed by atoms with van der Waals surface area (Å²) in [6.45, 7) is 0. The summed E-state index contributed by atoms with van der Waals surface area (Å²) in [6, 6.07) is 0. The molecule has 0 amide bonds. The van der Waals surface area contributed by atoms with Crippen LogP contribution in [0.5, 0.6) is 0 Å². The predicted molar refractivity (Wildman–Crippen MR) is 16.0 cm³/mol. The zero-order chi connectivity index (χ0) is 2.71. The summed E-state index contributed by atoms with van der Waals surface area (Å²) in [5, 5.41) is 8.47. The van der Waals surface area contributed by atoms with Gasteiger partial charge in [0, 0.05) is 0 Å². The molecule has 0 aromatic carbocycles. The Kier molecular flexibility index (Phi) is 187. The number of hydrogen-bond donors (Lipinski definition) is 0. The monoisotopic (exact) mass is 365 g/mol. The van der Waals surface area contributed by atoms with E-state index in [-0.39, 0.29) is 173 Å². The van der Waals surface area contributed by atoms with Gasteiger partial charge in [-0.2, -0.15) is 5.16 Å². The van der Waals surface area contributed by atoms with Crippen LogP contribution in [0.4, 0.5) is 0 Å². The second-order valence-electron chi connectivity index (χ2n) is 0.0913. The SMILES string of the molecule is [Br-].[I-].[K+].[K+].[N-]=C=S.[Na+]. The van der Waals surface area contributed by atoms with Crippen LogP contribution in [0, 0.1) is 0 Å². The van der Waals surface area contributed by atoms with Crippen molar-refractivity contribution in [2.24, 2.45) is 0 Å². The van der Waals surface area contributed by atoms with Gasteiger partial charge in [0.05, 0.1) is 0 Å². The molecule has 0 aliphatic rings. The maximum atomic E-state index is 7.13. The fraction of sp³-hybridized carbons (Fsp3) is 0. The fourth-order valence-corrected chi connectivity index (χ4v) is 0. The Morgan fingerprint density at radius 1 is 1.25 bits per heavy atom. The first-order valence-corrected chi connectivity index (χ1v) is 0.836. The summed E-state index contributed by atoms with van der Waals surface area (Å²) in [6.07, 6.45) is 0. The van der Waals surface area contributed by atoms with Gasteiger partial charge in [-0.1, -0.05) is 12.2 Å². The Labute approximate surface area is 190 Å². The first-order chi connectivity index (χ1) is 1.41. The van der Waals surface area contributed by atoms with Crippen molar-refractivity contribution in [3.63, 3.8) is 0 Å². The number of thiocarbonyl (C=S) groups is 1. The topological polar surface area (TPSA) is 22.3 Å². The van der Waals surface area contributed by atoms with Crippen molar-refractivity contribution in [2.75, 3.05) is 0 Å². The normalized spacial score (nSPS) is 1.00. The molecule has 0 heterocycles. The van der Waals surface area contributed by atoms with E-state index in [4.69, 9.17) is 5.41 Å². The van der Waals surface area contributed by atoms with E-state index < -0.39 is 0 Å². The molecule has 8 heavy (non-hydrogen) atoms. The summed E-state index contributed by atoms with van der Waals surface area (Å²) in [5.74, 6) is 0. The van der Waals surface area contributed by atoms with Crippen molar-refractivity contribution in [2.45, 2.75) is 0 Å². The molecule has 1 nitrogen and oxygen atoms in total. The second kappa shape index (κ2) is 39.6. The summed E-state index contributed by atoms with van der Waals surface area (Å²) < 4.78 is 0.